The molecule has 9 heteroatoms. The maximum absolute atomic E-state index is 13.2. The van der Waals surface area contributed by atoms with E-state index in [1.165, 1.54) is 24.1 Å². The van der Waals surface area contributed by atoms with Crippen LogP contribution in [0.15, 0.2) is 60.8 Å². The molecule has 1 aliphatic heterocycles. The van der Waals surface area contributed by atoms with E-state index < -0.39 is 0 Å². The number of carbonyl (C=O) groups is 2. The minimum absolute atomic E-state index is 0.194. The van der Waals surface area contributed by atoms with Crippen LogP contribution in [0, 0.1) is 11.7 Å². The molecule has 0 radical (unpaired) electrons. The first-order chi connectivity index (χ1) is 18.0. The van der Waals surface area contributed by atoms with Gasteiger partial charge in [0.1, 0.15) is 11.6 Å². The van der Waals surface area contributed by atoms with Gasteiger partial charge in [0.25, 0.3) is 5.91 Å². The predicted octanol–water partition coefficient (Wildman–Crippen LogP) is 4.76. The molecule has 3 N–H and O–H groups in total. The average molecular weight is 507 g/mol. The number of carbonyl (C=O) groups excluding carboxylic acids is 2. The lowest BCUT2D eigenvalue weighted by atomic mass is 9.91. The number of hydrogen-bond acceptors (Lipinski definition) is 4. The van der Waals surface area contributed by atoms with Crippen molar-refractivity contribution in [3.8, 4) is 0 Å². The Bertz CT molecular complexity index is 1180. The van der Waals surface area contributed by atoms with Crippen LogP contribution in [0.1, 0.15) is 42.1 Å². The van der Waals surface area contributed by atoms with Crippen LogP contribution in [-0.4, -0.2) is 52.8 Å². The Labute approximate surface area is 217 Å². The fourth-order valence-electron chi connectivity index (χ4n) is 4.77. The Kier molecular flexibility index (Phi) is 9.26. The molecular formula is C28H35FN6O2. The molecule has 2 heterocycles. The fourth-order valence-corrected chi connectivity index (χ4v) is 4.77. The highest BCUT2D eigenvalue weighted by Crippen LogP contribution is 2.21. The second-order valence-electron chi connectivity index (χ2n) is 9.44. The minimum atomic E-state index is -0.297. The van der Waals surface area contributed by atoms with Crippen molar-refractivity contribution in [1.82, 2.24) is 20.0 Å². The van der Waals surface area contributed by atoms with Crippen molar-refractivity contribution in [2.45, 2.75) is 39.2 Å². The van der Waals surface area contributed by atoms with E-state index in [-0.39, 0.29) is 17.8 Å². The third-order valence-electron chi connectivity index (χ3n) is 6.62. The number of aromatic nitrogens is 2. The van der Waals surface area contributed by atoms with Crippen molar-refractivity contribution in [2.24, 2.45) is 5.92 Å². The highest BCUT2D eigenvalue weighted by Gasteiger charge is 2.20. The summed E-state index contributed by atoms with van der Waals surface area (Å²) in [6.45, 7) is 6.18. The van der Waals surface area contributed by atoms with Gasteiger partial charge in [-0.2, -0.15) is 5.10 Å². The predicted molar refractivity (Wildman–Crippen MR) is 143 cm³/mol. The molecule has 0 aliphatic carbocycles. The third-order valence-corrected chi connectivity index (χ3v) is 6.62. The number of rotatable bonds is 10. The van der Waals surface area contributed by atoms with E-state index in [4.69, 9.17) is 0 Å². The summed E-state index contributed by atoms with van der Waals surface area (Å²) in [4.78, 5) is 27.5. The highest BCUT2D eigenvalue weighted by molar-refractivity contribution is 6.04. The van der Waals surface area contributed by atoms with Gasteiger partial charge in [0.05, 0.1) is 6.20 Å². The number of amides is 3. The van der Waals surface area contributed by atoms with Crippen molar-refractivity contribution in [1.29, 1.82) is 0 Å². The minimum Gasteiger partial charge on any atom is -0.338 e. The third kappa shape index (κ3) is 7.88. The van der Waals surface area contributed by atoms with Gasteiger partial charge in [0, 0.05) is 37.0 Å². The Hall–Kier alpha value is -3.72. The number of benzene rings is 2. The second kappa shape index (κ2) is 13.0. The Morgan fingerprint density at radius 3 is 2.76 bits per heavy atom. The maximum atomic E-state index is 13.2. The molecule has 1 atom stereocenters. The molecule has 4 rings (SSSR count). The number of nitrogens with zero attached hydrogens (tertiary/aromatic N) is 3. The standard InChI is InChI=1S/C28H35FN6O2/c1-2-35-26(13-15-31-35)33-27(36)23-7-3-8-25(19-23)32-28(37)30-14-5-17-34-16-4-6-22(20-34)18-21-9-11-24(29)12-10-21/h3,7-13,15,19,22H,2,4-6,14,16-18,20H2,1H3,(H,33,36)(H2,30,32,37)/t22-/m0/s1. The number of likely N-dealkylation sites (tertiary alicyclic amines) is 1. The molecule has 196 valence electrons. The van der Waals surface area contributed by atoms with E-state index >= 15 is 0 Å². The Balaban J connectivity index is 1.17. The van der Waals surface area contributed by atoms with Gasteiger partial charge in [-0.3, -0.25) is 4.79 Å². The average Bonchev–Trinajstić information content (AvgIpc) is 3.35. The molecule has 0 bridgehead atoms. The van der Waals surface area contributed by atoms with Crippen molar-refractivity contribution in [3.63, 3.8) is 0 Å². The van der Waals surface area contributed by atoms with Gasteiger partial charge < -0.3 is 20.9 Å². The van der Waals surface area contributed by atoms with Gasteiger partial charge >= 0.3 is 6.03 Å². The summed E-state index contributed by atoms with van der Waals surface area (Å²) < 4.78 is 14.9. The van der Waals surface area contributed by atoms with E-state index in [9.17, 15) is 14.0 Å². The van der Waals surface area contributed by atoms with Crippen LogP contribution < -0.4 is 16.0 Å². The summed E-state index contributed by atoms with van der Waals surface area (Å²) in [5.74, 6) is 0.736. The molecule has 0 spiro atoms. The molecule has 8 nitrogen and oxygen atoms in total. The van der Waals surface area contributed by atoms with Gasteiger partial charge in [-0.05, 0) is 87.5 Å². The van der Waals surface area contributed by atoms with Gasteiger partial charge in [0.2, 0.25) is 0 Å². The first kappa shape index (κ1) is 26.3. The number of urea groups is 1. The number of hydrogen-bond donors (Lipinski definition) is 3. The van der Waals surface area contributed by atoms with E-state index in [0.717, 1.165) is 38.9 Å². The molecule has 1 fully saturated rings. The number of halogens is 1. The highest BCUT2D eigenvalue weighted by atomic mass is 19.1. The molecule has 3 aromatic rings. The smallest absolute Gasteiger partial charge is 0.319 e. The molecular weight excluding hydrogens is 471 g/mol. The molecule has 1 saturated heterocycles. The lowest BCUT2D eigenvalue weighted by Gasteiger charge is -2.32. The number of aryl methyl sites for hydroxylation is 1. The molecule has 3 amide bonds. The monoisotopic (exact) mass is 506 g/mol. The van der Waals surface area contributed by atoms with E-state index in [2.05, 4.69) is 25.9 Å². The lowest BCUT2D eigenvalue weighted by molar-refractivity contribution is 0.102. The van der Waals surface area contributed by atoms with Crippen LogP contribution in [-0.2, 0) is 13.0 Å². The van der Waals surface area contributed by atoms with Gasteiger partial charge in [0.15, 0.2) is 0 Å². The largest absolute Gasteiger partial charge is 0.338 e. The van der Waals surface area contributed by atoms with Crippen molar-refractivity contribution in [3.05, 3.63) is 77.7 Å². The van der Waals surface area contributed by atoms with Gasteiger partial charge in [-0.1, -0.05) is 18.2 Å². The zero-order valence-electron chi connectivity index (χ0n) is 21.3. The van der Waals surface area contributed by atoms with Crippen molar-refractivity contribution >= 4 is 23.4 Å². The summed E-state index contributed by atoms with van der Waals surface area (Å²) in [5, 5.41) is 12.7. The topological polar surface area (TPSA) is 91.3 Å². The Morgan fingerprint density at radius 2 is 1.95 bits per heavy atom. The Morgan fingerprint density at radius 1 is 1.11 bits per heavy atom. The zero-order chi connectivity index (χ0) is 26.0. The van der Waals surface area contributed by atoms with E-state index in [1.54, 1.807) is 41.2 Å². The quantitative estimate of drug-likeness (QED) is 0.346. The summed E-state index contributed by atoms with van der Waals surface area (Å²) in [7, 11) is 0. The second-order valence-corrected chi connectivity index (χ2v) is 9.44. The van der Waals surface area contributed by atoms with Crippen LogP contribution in [0.3, 0.4) is 0 Å². The summed E-state index contributed by atoms with van der Waals surface area (Å²) in [6, 6.07) is 15.1. The molecule has 1 aromatic heterocycles. The fraction of sp³-hybridized carbons (Fsp3) is 0.393. The van der Waals surface area contributed by atoms with E-state index in [0.29, 0.717) is 36.1 Å². The first-order valence-corrected chi connectivity index (χ1v) is 12.9. The van der Waals surface area contributed by atoms with Gasteiger partial charge in [-0.15, -0.1) is 0 Å². The van der Waals surface area contributed by atoms with Crippen molar-refractivity contribution in [2.75, 3.05) is 36.8 Å². The van der Waals surface area contributed by atoms with Crippen LogP contribution in [0.5, 0.6) is 0 Å². The number of piperidine rings is 1. The summed E-state index contributed by atoms with van der Waals surface area (Å²) in [5.41, 5.74) is 2.18. The zero-order valence-corrected chi connectivity index (χ0v) is 21.3. The lowest BCUT2D eigenvalue weighted by Crippen LogP contribution is -2.38. The normalized spacial score (nSPS) is 15.8. The maximum Gasteiger partial charge on any atom is 0.319 e. The van der Waals surface area contributed by atoms with Crippen molar-refractivity contribution < 1.29 is 14.0 Å². The molecule has 0 unspecified atom stereocenters. The molecule has 1 aliphatic rings. The van der Waals surface area contributed by atoms with Gasteiger partial charge in [-0.25, -0.2) is 13.9 Å². The molecule has 0 saturated carbocycles. The SMILES string of the molecule is CCn1nccc1NC(=O)c1cccc(NC(=O)NCCCN2CCC[C@@H](Cc3ccc(F)cc3)C2)c1. The molecule has 37 heavy (non-hydrogen) atoms. The number of anilines is 2. The van der Waals surface area contributed by atoms with E-state index in [1.807, 2.05) is 19.1 Å². The van der Waals surface area contributed by atoms with Crippen LogP contribution in [0.4, 0.5) is 20.7 Å². The summed E-state index contributed by atoms with van der Waals surface area (Å²) in [6.07, 6.45) is 5.80. The van der Waals surface area contributed by atoms with Crippen LogP contribution >= 0.6 is 0 Å². The number of nitrogens with one attached hydrogen (secondary N) is 3. The van der Waals surface area contributed by atoms with Crippen LogP contribution in [0.2, 0.25) is 0 Å². The molecule has 2 aromatic carbocycles. The van der Waals surface area contributed by atoms with Crippen LogP contribution in [0.25, 0.3) is 0 Å². The summed E-state index contributed by atoms with van der Waals surface area (Å²) >= 11 is 0. The first-order valence-electron chi connectivity index (χ1n) is 12.9.